The normalized spacial score (nSPS) is 17.6. The van der Waals surface area contributed by atoms with Crippen molar-refractivity contribution in [3.63, 3.8) is 0 Å². The highest BCUT2D eigenvalue weighted by Crippen LogP contribution is 2.31. The average Bonchev–Trinajstić information content (AvgIpc) is 2.41. The van der Waals surface area contributed by atoms with Crippen LogP contribution in [-0.2, 0) is 23.9 Å². The lowest BCUT2D eigenvalue weighted by atomic mass is 10.00. The largest absolute Gasteiger partial charge is 0.481 e. The molecule has 1 aromatic carbocycles. The summed E-state index contributed by atoms with van der Waals surface area (Å²) < 4.78 is 38.3. The molecule has 1 saturated heterocycles. The summed E-state index contributed by atoms with van der Waals surface area (Å²) in [6.07, 6.45) is -4.85. The summed E-state index contributed by atoms with van der Waals surface area (Å²) in [6.45, 7) is 3.92. The van der Waals surface area contributed by atoms with Crippen LogP contribution in [0.25, 0.3) is 0 Å². The quantitative estimate of drug-likeness (QED) is 0.924. The van der Waals surface area contributed by atoms with Gasteiger partial charge in [0.05, 0.1) is 12.0 Å². The van der Waals surface area contributed by atoms with Crippen molar-refractivity contribution in [2.45, 2.75) is 19.1 Å². The van der Waals surface area contributed by atoms with Crippen molar-refractivity contribution >= 4 is 5.97 Å². The van der Waals surface area contributed by atoms with Gasteiger partial charge < -0.3 is 10.0 Å². The van der Waals surface area contributed by atoms with E-state index in [1.165, 1.54) is 6.07 Å². The number of likely N-dealkylation sites (N-methyl/N-ethyl adjacent to an activating group) is 1. The van der Waals surface area contributed by atoms with Gasteiger partial charge in [-0.3, -0.25) is 9.69 Å². The van der Waals surface area contributed by atoms with Crippen LogP contribution in [0.2, 0.25) is 0 Å². The van der Waals surface area contributed by atoms with Crippen molar-refractivity contribution in [3.8, 4) is 0 Å². The van der Waals surface area contributed by atoms with Gasteiger partial charge in [0.2, 0.25) is 0 Å². The molecular formula is C15H19F3N2O2. The van der Waals surface area contributed by atoms with Gasteiger partial charge in [-0.25, -0.2) is 0 Å². The van der Waals surface area contributed by atoms with E-state index in [0.29, 0.717) is 12.1 Å². The Morgan fingerprint density at radius 1 is 1.18 bits per heavy atom. The molecule has 1 aliphatic rings. The Labute approximate surface area is 127 Å². The number of hydrogen-bond donors (Lipinski definition) is 1. The maximum Gasteiger partial charge on any atom is 0.416 e. The van der Waals surface area contributed by atoms with E-state index in [9.17, 15) is 18.0 Å². The molecule has 0 spiro atoms. The van der Waals surface area contributed by atoms with Crippen molar-refractivity contribution in [2.75, 3.05) is 33.2 Å². The first-order chi connectivity index (χ1) is 10.3. The number of carboxylic acids is 1. The SMILES string of the molecule is CN1CCN(Cc2ccc(C(F)(F)F)cc2CC(=O)O)CC1. The first-order valence-corrected chi connectivity index (χ1v) is 7.07. The standard InChI is InChI=1S/C15H19F3N2O2/c1-19-4-6-20(7-5-19)10-11-2-3-13(15(16,17)18)8-12(11)9-14(21)22/h2-3,8H,4-7,9-10H2,1H3,(H,21,22). The molecule has 0 saturated carbocycles. The summed E-state index contributed by atoms with van der Waals surface area (Å²) in [7, 11) is 2.02. The van der Waals surface area contributed by atoms with Gasteiger partial charge in [0.1, 0.15) is 0 Å². The first-order valence-electron chi connectivity index (χ1n) is 7.07. The lowest BCUT2D eigenvalue weighted by Gasteiger charge is -2.32. The van der Waals surface area contributed by atoms with E-state index in [4.69, 9.17) is 5.11 Å². The molecule has 0 aliphatic carbocycles. The zero-order chi connectivity index (χ0) is 16.3. The second kappa shape index (κ2) is 6.66. The Morgan fingerprint density at radius 2 is 1.82 bits per heavy atom. The summed E-state index contributed by atoms with van der Waals surface area (Å²) in [4.78, 5) is 15.2. The average molecular weight is 316 g/mol. The van der Waals surface area contributed by atoms with Crippen LogP contribution in [0.15, 0.2) is 18.2 Å². The molecule has 1 N–H and O–H groups in total. The van der Waals surface area contributed by atoms with Gasteiger partial charge in [-0.05, 0) is 30.3 Å². The molecule has 0 aromatic heterocycles. The first kappa shape index (κ1) is 16.8. The number of halogens is 3. The maximum absolute atomic E-state index is 12.8. The summed E-state index contributed by atoms with van der Waals surface area (Å²) in [5.41, 5.74) is 0.0899. The molecule has 1 fully saturated rings. The van der Waals surface area contributed by atoms with E-state index >= 15 is 0 Å². The number of rotatable bonds is 4. The second-order valence-electron chi connectivity index (χ2n) is 5.63. The molecule has 0 amide bonds. The van der Waals surface area contributed by atoms with Crippen LogP contribution in [0.1, 0.15) is 16.7 Å². The van der Waals surface area contributed by atoms with E-state index in [2.05, 4.69) is 9.80 Å². The monoisotopic (exact) mass is 316 g/mol. The minimum Gasteiger partial charge on any atom is -0.481 e. The van der Waals surface area contributed by atoms with E-state index in [1.54, 1.807) is 0 Å². The molecule has 1 heterocycles. The molecule has 4 nitrogen and oxygen atoms in total. The number of carbonyl (C=O) groups is 1. The lowest BCUT2D eigenvalue weighted by Crippen LogP contribution is -2.44. The minimum atomic E-state index is -4.46. The zero-order valence-corrected chi connectivity index (χ0v) is 12.4. The zero-order valence-electron chi connectivity index (χ0n) is 12.4. The smallest absolute Gasteiger partial charge is 0.416 e. The van der Waals surface area contributed by atoms with Crippen LogP contribution in [0.3, 0.4) is 0 Å². The van der Waals surface area contributed by atoms with Crippen LogP contribution < -0.4 is 0 Å². The number of piperazine rings is 1. The summed E-state index contributed by atoms with van der Waals surface area (Å²) in [5.74, 6) is -1.13. The number of nitrogens with zero attached hydrogens (tertiary/aromatic N) is 2. The van der Waals surface area contributed by atoms with Gasteiger partial charge in [0.15, 0.2) is 0 Å². The predicted octanol–water partition coefficient (Wildman–Crippen LogP) is 2.08. The van der Waals surface area contributed by atoms with Gasteiger partial charge in [-0.2, -0.15) is 13.2 Å². The van der Waals surface area contributed by atoms with Crippen LogP contribution >= 0.6 is 0 Å². The van der Waals surface area contributed by atoms with Crippen molar-refractivity contribution in [2.24, 2.45) is 0 Å². The molecule has 0 bridgehead atoms. The Hall–Kier alpha value is -1.60. The fourth-order valence-corrected chi connectivity index (χ4v) is 2.53. The van der Waals surface area contributed by atoms with Crippen molar-refractivity contribution in [1.82, 2.24) is 9.80 Å². The predicted molar refractivity (Wildman–Crippen MR) is 75.6 cm³/mol. The highest BCUT2D eigenvalue weighted by atomic mass is 19.4. The van der Waals surface area contributed by atoms with Crippen LogP contribution in [0.4, 0.5) is 13.2 Å². The van der Waals surface area contributed by atoms with Gasteiger partial charge in [-0.1, -0.05) is 6.07 Å². The maximum atomic E-state index is 12.8. The molecule has 0 unspecified atom stereocenters. The third-order valence-electron chi connectivity index (χ3n) is 3.87. The molecule has 2 rings (SSSR count). The highest BCUT2D eigenvalue weighted by molar-refractivity contribution is 5.71. The molecule has 0 radical (unpaired) electrons. The summed E-state index contributed by atoms with van der Waals surface area (Å²) >= 11 is 0. The van der Waals surface area contributed by atoms with E-state index < -0.39 is 24.1 Å². The Bertz CT molecular complexity index is 538. The van der Waals surface area contributed by atoms with Gasteiger partial charge in [-0.15, -0.1) is 0 Å². The Kier molecular flexibility index (Phi) is 5.08. The minimum absolute atomic E-state index is 0.237. The van der Waals surface area contributed by atoms with Gasteiger partial charge in [0, 0.05) is 32.7 Å². The Morgan fingerprint density at radius 3 is 2.36 bits per heavy atom. The number of benzene rings is 1. The molecule has 1 aromatic rings. The number of aliphatic carboxylic acids is 1. The van der Waals surface area contributed by atoms with Crippen LogP contribution in [-0.4, -0.2) is 54.1 Å². The third-order valence-corrected chi connectivity index (χ3v) is 3.87. The van der Waals surface area contributed by atoms with Crippen molar-refractivity contribution in [3.05, 3.63) is 34.9 Å². The number of carboxylic acid groups (broad SMARTS) is 1. The molecular weight excluding hydrogens is 297 g/mol. The van der Waals surface area contributed by atoms with Gasteiger partial charge in [0.25, 0.3) is 0 Å². The van der Waals surface area contributed by atoms with Crippen LogP contribution in [0, 0.1) is 0 Å². The van der Waals surface area contributed by atoms with Crippen LogP contribution in [0.5, 0.6) is 0 Å². The van der Waals surface area contributed by atoms with Crippen molar-refractivity contribution in [1.29, 1.82) is 0 Å². The number of hydrogen-bond acceptors (Lipinski definition) is 3. The Balaban J connectivity index is 2.20. The van der Waals surface area contributed by atoms with E-state index in [-0.39, 0.29) is 5.56 Å². The molecule has 122 valence electrons. The third kappa shape index (κ3) is 4.45. The lowest BCUT2D eigenvalue weighted by molar-refractivity contribution is -0.138. The highest BCUT2D eigenvalue weighted by Gasteiger charge is 2.31. The molecule has 1 aliphatic heterocycles. The topological polar surface area (TPSA) is 43.8 Å². The van der Waals surface area contributed by atoms with E-state index in [1.807, 2.05) is 7.05 Å². The summed E-state index contributed by atoms with van der Waals surface area (Å²) in [5, 5.41) is 8.92. The molecule has 7 heteroatoms. The van der Waals surface area contributed by atoms with E-state index in [0.717, 1.165) is 38.3 Å². The summed E-state index contributed by atoms with van der Waals surface area (Å²) in [6, 6.07) is 3.38. The fourth-order valence-electron chi connectivity index (χ4n) is 2.53. The molecule has 0 atom stereocenters. The second-order valence-corrected chi connectivity index (χ2v) is 5.63. The number of alkyl halides is 3. The van der Waals surface area contributed by atoms with Gasteiger partial charge >= 0.3 is 12.1 Å². The molecule has 22 heavy (non-hydrogen) atoms. The van der Waals surface area contributed by atoms with Crippen molar-refractivity contribution < 1.29 is 23.1 Å². The fraction of sp³-hybridized carbons (Fsp3) is 0.533.